The van der Waals surface area contributed by atoms with Crippen molar-refractivity contribution < 1.29 is 13.2 Å². The van der Waals surface area contributed by atoms with Crippen molar-refractivity contribution in [3.63, 3.8) is 0 Å². The van der Waals surface area contributed by atoms with Gasteiger partial charge in [-0.2, -0.15) is 0 Å². The minimum atomic E-state index is -3.40. The Hall–Kier alpha value is -1.36. The van der Waals surface area contributed by atoms with Crippen molar-refractivity contribution in [1.29, 1.82) is 0 Å². The van der Waals surface area contributed by atoms with Crippen LogP contribution in [-0.4, -0.2) is 19.7 Å². The van der Waals surface area contributed by atoms with Crippen molar-refractivity contribution in [2.75, 3.05) is 0 Å². The number of amides is 1. The first-order chi connectivity index (χ1) is 7.07. The SMILES string of the molecule is CCC1NC(=O)c2ccccc2S1(=O)=O. The zero-order valence-corrected chi connectivity index (χ0v) is 9.04. The van der Waals surface area contributed by atoms with Crippen LogP contribution in [-0.2, 0) is 9.84 Å². The number of hydrogen-bond donors (Lipinski definition) is 1. The van der Waals surface area contributed by atoms with Gasteiger partial charge in [0.05, 0.1) is 10.5 Å². The largest absolute Gasteiger partial charge is 0.335 e. The molecular formula is C10H11NO3S. The Morgan fingerprint density at radius 2 is 2.00 bits per heavy atom. The van der Waals surface area contributed by atoms with Crippen LogP contribution in [0.5, 0.6) is 0 Å². The first-order valence-corrected chi connectivity index (χ1v) is 6.25. The third-order valence-electron chi connectivity index (χ3n) is 2.48. The zero-order chi connectivity index (χ0) is 11.1. The van der Waals surface area contributed by atoms with Gasteiger partial charge in [-0.05, 0) is 18.6 Å². The molecule has 1 aliphatic heterocycles. The van der Waals surface area contributed by atoms with E-state index in [0.29, 0.717) is 6.42 Å². The molecule has 2 rings (SSSR count). The quantitative estimate of drug-likeness (QED) is 0.773. The summed E-state index contributed by atoms with van der Waals surface area (Å²) in [6.07, 6.45) is 0.377. The first-order valence-electron chi connectivity index (χ1n) is 4.71. The van der Waals surface area contributed by atoms with Crippen molar-refractivity contribution in [3.05, 3.63) is 29.8 Å². The molecule has 0 saturated carbocycles. The maximum Gasteiger partial charge on any atom is 0.253 e. The molecule has 0 bridgehead atoms. The maximum atomic E-state index is 12.0. The average Bonchev–Trinajstić information content (AvgIpc) is 2.24. The second-order valence-corrected chi connectivity index (χ2v) is 5.51. The number of carbonyl (C=O) groups excluding carboxylic acids is 1. The molecule has 1 atom stereocenters. The van der Waals surface area contributed by atoms with Gasteiger partial charge in [0.25, 0.3) is 5.91 Å². The highest BCUT2D eigenvalue weighted by Gasteiger charge is 2.35. The lowest BCUT2D eigenvalue weighted by molar-refractivity contribution is 0.0939. The molecule has 1 aromatic carbocycles. The van der Waals surface area contributed by atoms with Crippen molar-refractivity contribution in [1.82, 2.24) is 5.32 Å². The second-order valence-electron chi connectivity index (χ2n) is 3.41. The van der Waals surface area contributed by atoms with Gasteiger partial charge in [0.1, 0.15) is 5.37 Å². The molecule has 1 unspecified atom stereocenters. The fourth-order valence-corrected chi connectivity index (χ4v) is 3.42. The van der Waals surface area contributed by atoms with E-state index in [1.165, 1.54) is 12.1 Å². The number of sulfone groups is 1. The van der Waals surface area contributed by atoms with Crippen LogP contribution in [0.15, 0.2) is 29.2 Å². The van der Waals surface area contributed by atoms with Crippen LogP contribution in [0.3, 0.4) is 0 Å². The van der Waals surface area contributed by atoms with Gasteiger partial charge in [0.2, 0.25) is 0 Å². The van der Waals surface area contributed by atoms with Crippen LogP contribution in [0.25, 0.3) is 0 Å². The van der Waals surface area contributed by atoms with E-state index in [9.17, 15) is 13.2 Å². The summed E-state index contributed by atoms with van der Waals surface area (Å²) >= 11 is 0. The molecule has 0 fully saturated rings. The van der Waals surface area contributed by atoms with Crippen molar-refractivity contribution >= 4 is 15.7 Å². The molecule has 80 valence electrons. The second kappa shape index (κ2) is 3.34. The lowest BCUT2D eigenvalue weighted by atomic mass is 10.2. The fourth-order valence-electron chi connectivity index (χ4n) is 1.68. The van der Waals surface area contributed by atoms with Gasteiger partial charge in [0, 0.05) is 0 Å². The van der Waals surface area contributed by atoms with Gasteiger partial charge in [-0.1, -0.05) is 19.1 Å². The highest BCUT2D eigenvalue weighted by atomic mass is 32.2. The predicted molar refractivity (Wildman–Crippen MR) is 55.2 cm³/mol. The molecule has 0 spiro atoms. The number of rotatable bonds is 1. The monoisotopic (exact) mass is 225 g/mol. The van der Waals surface area contributed by atoms with Gasteiger partial charge < -0.3 is 5.32 Å². The summed E-state index contributed by atoms with van der Waals surface area (Å²) in [6.45, 7) is 1.73. The zero-order valence-electron chi connectivity index (χ0n) is 8.23. The summed E-state index contributed by atoms with van der Waals surface area (Å²) in [7, 11) is -3.40. The molecule has 0 saturated heterocycles. The normalized spacial score (nSPS) is 23.0. The van der Waals surface area contributed by atoms with Crippen molar-refractivity contribution in [3.8, 4) is 0 Å². The van der Waals surface area contributed by atoms with Crippen molar-refractivity contribution in [2.45, 2.75) is 23.6 Å². The third-order valence-corrected chi connectivity index (χ3v) is 4.65. The summed E-state index contributed by atoms with van der Waals surface area (Å²) < 4.78 is 23.9. The number of fused-ring (bicyclic) bond motifs is 1. The molecule has 1 aliphatic rings. The Kier molecular flexibility index (Phi) is 2.26. The average molecular weight is 225 g/mol. The molecule has 0 aromatic heterocycles. The lowest BCUT2D eigenvalue weighted by Crippen LogP contribution is -2.45. The van der Waals surface area contributed by atoms with Gasteiger partial charge in [-0.15, -0.1) is 0 Å². The van der Waals surface area contributed by atoms with E-state index in [2.05, 4.69) is 5.32 Å². The van der Waals surface area contributed by atoms with Gasteiger partial charge >= 0.3 is 0 Å². The molecule has 0 radical (unpaired) electrons. The van der Waals surface area contributed by atoms with E-state index in [4.69, 9.17) is 0 Å². The summed E-state index contributed by atoms with van der Waals surface area (Å²) in [4.78, 5) is 11.7. The van der Waals surface area contributed by atoms with Crippen LogP contribution in [0.1, 0.15) is 23.7 Å². The topological polar surface area (TPSA) is 63.2 Å². The number of carbonyl (C=O) groups is 1. The summed E-state index contributed by atoms with van der Waals surface area (Å²) in [6, 6.07) is 6.28. The Morgan fingerprint density at radius 3 is 2.67 bits per heavy atom. The smallest absolute Gasteiger partial charge is 0.253 e. The Balaban J connectivity index is 2.68. The Bertz CT molecular complexity index is 507. The van der Waals surface area contributed by atoms with E-state index >= 15 is 0 Å². The third kappa shape index (κ3) is 1.43. The number of benzene rings is 1. The standard InChI is InChI=1S/C10H11NO3S/c1-2-9-11-10(12)7-5-3-4-6-8(7)15(9,13)14/h3-6,9H,2H2,1H3,(H,11,12). The van der Waals surface area contributed by atoms with Crippen LogP contribution < -0.4 is 5.32 Å². The molecule has 1 aromatic rings. The molecule has 4 nitrogen and oxygen atoms in total. The lowest BCUT2D eigenvalue weighted by Gasteiger charge is -2.24. The highest BCUT2D eigenvalue weighted by Crippen LogP contribution is 2.25. The van der Waals surface area contributed by atoms with E-state index in [-0.39, 0.29) is 16.4 Å². The van der Waals surface area contributed by atoms with E-state index in [1.807, 2.05) is 0 Å². The van der Waals surface area contributed by atoms with Gasteiger partial charge in [0.15, 0.2) is 9.84 Å². The fraction of sp³-hybridized carbons (Fsp3) is 0.300. The Morgan fingerprint density at radius 1 is 1.33 bits per heavy atom. The summed E-state index contributed by atoms with van der Waals surface area (Å²) in [5.74, 6) is -0.313. The van der Waals surface area contributed by atoms with Crippen LogP contribution in [0.4, 0.5) is 0 Å². The van der Waals surface area contributed by atoms with Crippen LogP contribution >= 0.6 is 0 Å². The minimum Gasteiger partial charge on any atom is -0.335 e. The first kappa shape index (κ1) is 10.2. The molecule has 15 heavy (non-hydrogen) atoms. The van der Waals surface area contributed by atoms with Gasteiger partial charge in [-0.25, -0.2) is 8.42 Å². The summed E-state index contributed by atoms with van der Waals surface area (Å²) in [5.41, 5.74) is 0.238. The number of hydrogen-bond acceptors (Lipinski definition) is 3. The van der Waals surface area contributed by atoms with E-state index in [0.717, 1.165) is 0 Å². The number of nitrogens with one attached hydrogen (secondary N) is 1. The predicted octanol–water partition coefficient (Wildman–Crippen LogP) is 0.940. The van der Waals surface area contributed by atoms with Crippen LogP contribution in [0, 0.1) is 0 Å². The Labute approximate surface area is 88.2 Å². The molecule has 1 heterocycles. The van der Waals surface area contributed by atoms with Crippen LogP contribution in [0.2, 0.25) is 0 Å². The molecule has 1 amide bonds. The molecule has 1 N–H and O–H groups in total. The molecular weight excluding hydrogens is 214 g/mol. The van der Waals surface area contributed by atoms with E-state index < -0.39 is 15.2 Å². The maximum absolute atomic E-state index is 12.0. The van der Waals surface area contributed by atoms with Gasteiger partial charge in [-0.3, -0.25) is 4.79 Å². The van der Waals surface area contributed by atoms with E-state index in [1.54, 1.807) is 19.1 Å². The molecule has 5 heteroatoms. The molecule has 0 aliphatic carbocycles. The summed E-state index contributed by atoms with van der Waals surface area (Å²) in [5, 5.41) is 1.69. The minimum absolute atomic E-state index is 0.139. The van der Waals surface area contributed by atoms with Crippen molar-refractivity contribution in [2.24, 2.45) is 0 Å². The highest BCUT2D eigenvalue weighted by molar-refractivity contribution is 7.92.